The molecule has 0 heterocycles. The summed E-state index contributed by atoms with van der Waals surface area (Å²) in [7, 11) is 1.67. The van der Waals surface area contributed by atoms with E-state index in [4.69, 9.17) is 10.00 Å². The number of likely N-dealkylation sites (N-methyl/N-ethyl adjacent to an activating group) is 1. The molecular formula is C12H25N3O. The van der Waals surface area contributed by atoms with Gasteiger partial charge in [0.25, 0.3) is 0 Å². The summed E-state index contributed by atoms with van der Waals surface area (Å²) < 4.78 is 5.05. The predicted octanol–water partition coefficient (Wildman–Crippen LogP) is 1.09. The molecule has 0 aromatic heterocycles. The van der Waals surface area contributed by atoms with Crippen LogP contribution in [0.5, 0.6) is 0 Å². The molecule has 0 spiro atoms. The van der Waals surface area contributed by atoms with E-state index < -0.39 is 0 Å². The van der Waals surface area contributed by atoms with Crippen LogP contribution in [0.25, 0.3) is 0 Å². The van der Waals surface area contributed by atoms with Crippen LogP contribution in [0, 0.1) is 17.2 Å². The van der Waals surface area contributed by atoms with E-state index in [-0.39, 0.29) is 12.0 Å². The van der Waals surface area contributed by atoms with Gasteiger partial charge >= 0.3 is 0 Å². The van der Waals surface area contributed by atoms with Crippen molar-refractivity contribution in [3.05, 3.63) is 0 Å². The summed E-state index contributed by atoms with van der Waals surface area (Å²) in [6.45, 7) is 10.9. The van der Waals surface area contributed by atoms with Gasteiger partial charge in [0.05, 0.1) is 12.7 Å². The molecule has 1 N–H and O–H groups in total. The maximum absolute atomic E-state index is 9.02. The van der Waals surface area contributed by atoms with E-state index >= 15 is 0 Å². The van der Waals surface area contributed by atoms with E-state index in [0.717, 1.165) is 26.2 Å². The molecule has 94 valence electrons. The fourth-order valence-electron chi connectivity index (χ4n) is 1.65. The van der Waals surface area contributed by atoms with Gasteiger partial charge in [-0.15, -0.1) is 0 Å². The van der Waals surface area contributed by atoms with Crippen molar-refractivity contribution in [2.45, 2.75) is 26.8 Å². The number of nitrogens with zero attached hydrogens (tertiary/aromatic N) is 2. The normalized spacial score (nSPS) is 14.8. The minimum atomic E-state index is -0.115. The van der Waals surface area contributed by atoms with Gasteiger partial charge in [0.15, 0.2) is 0 Å². The van der Waals surface area contributed by atoms with Crippen molar-refractivity contribution in [3.8, 4) is 6.07 Å². The van der Waals surface area contributed by atoms with Gasteiger partial charge in [-0.05, 0) is 13.1 Å². The third kappa shape index (κ3) is 6.06. The first-order valence-electron chi connectivity index (χ1n) is 6.03. The highest BCUT2D eigenvalue weighted by Crippen LogP contribution is 2.02. The van der Waals surface area contributed by atoms with Crippen LogP contribution in [0.2, 0.25) is 0 Å². The Kier molecular flexibility index (Phi) is 9.21. The molecule has 0 amide bonds. The van der Waals surface area contributed by atoms with Crippen LogP contribution in [0.15, 0.2) is 0 Å². The van der Waals surface area contributed by atoms with Crippen molar-refractivity contribution in [3.63, 3.8) is 0 Å². The molecule has 4 nitrogen and oxygen atoms in total. The smallest absolute Gasteiger partial charge is 0.100 e. The van der Waals surface area contributed by atoms with Gasteiger partial charge in [-0.3, -0.25) is 0 Å². The van der Waals surface area contributed by atoms with Gasteiger partial charge in [0.1, 0.15) is 6.04 Å². The Morgan fingerprint density at radius 3 is 2.44 bits per heavy atom. The first-order valence-corrected chi connectivity index (χ1v) is 6.03. The topological polar surface area (TPSA) is 48.3 Å². The Balaban J connectivity index is 3.83. The zero-order chi connectivity index (χ0) is 12.4. The minimum Gasteiger partial charge on any atom is -0.384 e. The molecule has 2 atom stereocenters. The first-order chi connectivity index (χ1) is 7.69. The lowest BCUT2D eigenvalue weighted by atomic mass is 10.0. The Morgan fingerprint density at radius 1 is 1.38 bits per heavy atom. The van der Waals surface area contributed by atoms with E-state index in [1.54, 1.807) is 7.11 Å². The molecule has 0 aromatic rings. The van der Waals surface area contributed by atoms with Gasteiger partial charge in [0.2, 0.25) is 0 Å². The van der Waals surface area contributed by atoms with Crippen LogP contribution >= 0.6 is 0 Å². The van der Waals surface area contributed by atoms with Crippen molar-refractivity contribution >= 4 is 0 Å². The zero-order valence-electron chi connectivity index (χ0n) is 11.0. The van der Waals surface area contributed by atoms with Crippen LogP contribution < -0.4 is 5.32 Å². The van der Waals surface area contributed by atoms with Crippen LogP contribution in [0.3, 0.4) is 0 Å². The number of rotatable bonds is 9. The summed E-state index contributed by atoms with van der Waals surface area (Å²) in [5, 5.41) is 12.3. The SMILES string of the molecule is CCN(CC)CCNC(C#N)C(C)COC. The highest BCUT2D eigenvalue weighted by atomic mass is 16.5. The molecule has 4 heteroatoms. The molecule has 0 radical (unpaired) electrons. The summed E-state index contributed by atoms with van der Waals surface area (Å²) in [6.07, 6.45) is 0. The van der Waals surface area contributed by atoms with Crippen molar-refractivity contribution in [1.82, 2.24) is 10.2 Å². The minimum absolute atomic E-state index is 0.115. The highest BCUT2D eigenvalue weighted by molar-refractivity contribution is 4.93. The number of hydrogen-bond acceptors (Lipinski definition) is 4. The molecule has 16 heavy (non-hydrogen) atoms. The number of nitrogens with one attached hydrogen (secondary N) is 1. The Bertz CT molecular complexity index is 199. The summed E-state index contributed by atoms with van der Waals surface area (Å²) in [6, 6.07) is 2.17. The number of nitriles is 1. The summed E-state index contributed by atoms with van der Waals surface area (Å²) in [4.78, 5) is 2.34. The molecule has 0 aliphatic carbocycles. The molecule has 0 bridgehead atoms. The maximum Gasteiger partial charge on any atom is 0.100 e. The molecule has 2 unspecified atom stereocenters. The Morgan fingerprint density at radius 2 is 2.00 bits per heavy atom. The molecule has 0 saturated carbocycles. The van der Waals surface area contributed by atoms with E-state index in [2.05, 4.69) is 30.1 Å². The second kappa shape index (κ2) is 9.59. The summed E-state index contributed by atoms with van der Waals surface area (Å²) in [5.41, 5.74) is 0. The lowest BCUT2D eigenvalue weighted by Gasteiger charge is -2.22. The fraction of sp³-hybridized carbons (Fsp3) is 0.917. The highest BCUT2D eigenvalue weighted by Gasteiger charge is 2.15. The molecule has 0 rings (SSSR count). The largest absolute Gasteiger partial charge is 0.384 e. The van der Waals surface area contributed by atoms with Crippen molar-refractivity contribution < 1.29 is 4.74 Å². The average molecular weight is 227 g/mol. The second-order valence-electron chi connectivity index (χ2n) is 4.02. The second-order valence-corrected chi connectivity index (χ2v) is 4.02. The lowest BCUT2D eigenvalue weighted by molar-refractivity contribution is 0.148. The number of methoxy groups -OCH3 is 1. The van der Waals surface area contributed by atoms with E-state index in [0.29, 0.717) is 6.61 Å². The lowest BCUT2D eigenvalue weighted by Crippen LogP contribution is -2.40. The van der Waals surface area contributed by atoms with E-state index in [1.807, 2.05) is 6.92 Å². The molecule has 0 aliphatic rings. The predicted molar refractivity (Wildman–Crippen MR) is 66.2 cm³/mol. The van der Waals surface area contributed by atoms with Gasteiger partial charge in [-0.25, -0.2) is 0 Å². The van der Waals surface area contributed by atoms with E-state index in [1.165, 1.54) is 0 Å². The molecule has 0 aliphatic heterocycles. The number of ether oxygens (including phenoxy) is 1. The molecule has 0 aromatic carbocycles. The molecule has 0 fully saturated rings. The van der Waals surface area contributed by atoms with Crippen molar-refractivity contribution in [1.29, 1.82) is 5.26 Å². The van der Waals surface area contributed by atoms with Gasteiger partial charge in [-0.2, -0.15) is 5.26 Å². The van der Waals surface area contributed by atoms with Crippen molar-refractivity contribution in [2.24, 2.45) is 5.92 Å². The third-order valence-electron chi connectivity index (χ3n) is 2.82. The molecular weight excluding hydrogens is 202 g/mol. The van der Waals surface area contributed by atoms with Gasteiger partial charge in [-0.1, -0.05) is 20.8 Å². The average Bonchev–Trinajstić information content (AvgIpc) is 2.30. The van der Waals surface area contributed by atoms with Crippen molar-refractivity contribution in [2.75, 3.05) is 39.9 Å². The van der Waals surface area contributed by atoms with Crippen LogP contribution in [-0.2, 0) is 4.74 Å². The Hall–Kier alpha value is -0.630. The van der Waals surface area contributed by atoms with E-state index in [9.17, 15) is 0 Å². The fourth-order valence-corrected chi connectivity index (χ4v) is 1.65. The summed E-state index contributed by atoms with van der Waals surface area (Å²) in [5.74, 6) is 0.228. The monoisotopic (exact) mass is 227 g/mol. The van der Waals surface area contributed by atoms with Crippen LogP contribution in [-0.4, -0.2) is 50.8 Å². The van der Waals surface area contributed by atoms with Gasteiger partial charge in [0, 0.05) is 26.1 Å². The maximum atomic E-state index is 9.02. The first kappa shape index (κ1) is 15.4. The van der Waals surface area contributed by atoms with Crippen LogP contribution in [0.4, 0.5) is 0 Å². The van der Waals surface area contributed by atoms with Gasteiger partial charge < -0.3 is 15.0 Å². The Labute approximate surface area is 99.6 Å². The number of hydrogen-bond donors (Lipinski definition) is 1. The third-order valence-corrected chi connectivity index (χ3v) is 2.82. The zero-order valence-corrected chi connectivity index (χ0v) is 11.0. The summed E-state index contributed by atoms with van der Waals surface area (Å²) >= 11 is 0. The quantitative estimate of drug-likeness (QED) is 0.640. The standard InChI is InChI=1S/C12H25N3O/c1-5-15(6-2)8-7-14-12(9-13)11(3)10-16-4/h11-12,14H,5-8,10H2,1-4H3. The molecule has 0 saturated heterocycles. The van der Waals surface area contributed by atoms with Crippen LogP contribution in [0.1, 0.15) is 20.8 Å².